The Bertz CT molecular complexity index is 907. The van der Waals surface area contributed by atoms with Crippen LogP contribution in [0.25, 0.3) is 0 Å². The second-order valence-corrected chi connectivity index (χ2v) is 7.79. The first-order valence-electron chi connectivity index (χ1n) is 10.8. The summed E-state index contributed by atoms with van der Waals surface area (Å²) in [5.74, 6) is 2.30. The van der Waals surface area contributed by atoms with Crippen LogP contribution in [-0.4, -0.2) is 64.2 Å². The fourth-order valence-corrected chi connectivity index (χ4v) is 3.80. The summed E-state index contributed by atoms with van der Waals surface area (Å²) in [6.45, 7) is 3.42. The maximum absolute atomic E-state index is 11.7. The monoisotopic (exact) mass is 439 g/mol. The number of amides is 1. The summed E-state index contributed by atoms with van der Waals surface area (Å²) in [6, 6.07) is 13.9. The van der Waals surface area contributed by atoms with Crippen LogP contribution < -0.4 is 25.4 Å². The van der Waals surface area contributed by atoms with E-state index in [0.717, 1.165) is 49.1 Å². The normalized spacial score (nSPS) is 16.5. The highest BCUT2D eigenvalue weighted by Gasteiger charge is 2.23. The number of guanidine groups is 1. The van der Waals surface area contributed by atoms with E-state index in [0.29, 0.717) is 18.2 Å². The van der Waals surface area contributed by atoms with E-state index in [4.69, 9.17) is 9.47 Å². The number of benzene rings is 2. The van der Waals surface area contributed by atoms with Crippen LogP contribution >= 0.6 is 0 Å². The van der Waals surface area contributed by atoms with E-state index in [1.54, 1.807) is 28.3 Å². The average Bonchev–Trinajstić information content (AvgIpc) is 3.27. The highest BCUT2D eigenvalue weighted by atomic mass is 16.5. The molecule has 1 heterocycles. The molecule has 32 heavy (non-hydrogen) atoms. The number of methoxy groups -OCH3 is 2. The SMILES string of the molecule is CN=C(NCc1ccc(C(=O)NC)cc1)NC1CCN(Cc2cc(OC)cc(OC)c2)C1. The predicted octanol–water partition coefficient (Wildman–Crippen LogP) is 2.00. The Hall–Kier alpha value is -3.26. The van der Waals surface area contributed by atoms with Crippen molar-refractivity contribution in [3.63, 3.8) is 0 Å². The number of carbonyl (C=O) groups is 1. The third-order valence-corrected chi connectivity index (χ3v) is 5.56. The molecule has 2 aromatic rings. The highest BCUT2D eigenvalue weighted by Crippen LogP contribution is 2.24. The molecule has 0 radical (unpaired) electrons. The quantitative estimate of drug-likeness (QED) is 0.431. The number of ether oxygens (including phenoxy) is 2. The van der Waals surface area contributed by atoms with Crippen molar-refractivity contribution in [1.29, 1.82) is 0 Å². The topological polar surface area (TPSA) is 87.2 Å². The van der Waals surface area contributed by atoms with Gasteiger partial charge in [-0.15, -0.1) is 0 Å². The molecular formula is C24H33N5O3. The summed E-state index contributed by atoms with van der Waals surface area (Å²) in [5.41, 5.74) is 2.91. The third kappa shape index (κ3) is 6.37. The first kappa shape index (κ1) is 23.4. The molecule has 0 bridgehead atoms. The lowest BCUT2D eigenvalue weighted by atomic mass is 10.1. The van der Waals surface area contributed by atoms with Gasteiger partial charge >= 0.3 is 0 Å². The molecule has 0 spiro atoms. The molecule has 3 rings (SSSR count). The van der Waals surface area contributed by atoms with Gasteiger partial charge in [-0.2, -0.15) is 0 Å². The Morgan fingerprint density at radius 3 is 2.38 bits per heavy atom. The predicted molar refractivity (Wildman–Crippen MR) is 126 cm³/mol. The van der Waals surface area contributed by atoms with Gasteiger partial charge in [-0.25, -0.2) is 0 Å². The molecular weight excluding hydrogens is 406 g/mol. The maximum atomic E-state index is 11.7. The Morgan fingerprint density at radius 1 is 1.09 bits per heavy atom. The van der Waals surface area contributed by atoms with E-state index >= 15 is 0 Å². The van der Waals surface area contributed by atoms with Crippen molar-refractivity contribution in [3.8, 4) is 11.5 Å². The van der Waals surface area contributed by atoms with E-state index in [-0.39, 0.29) is 5.91 Å². The van der Waals surface area contributed by atoms with Crippen molar-refractivity contribution < 1.29 is 14.3 Å². The second kappa shape index (κ2) is 11.4. The van der Waals surface area contributed by atoms with Gasteiger partial charge in [-0.3, -0.25) is 14.7 Å². The zero-order chi connectivity index (χ0) is 22.9. The minimum atomic E-state index is -0.0832. The number of rotatable bonds is 8. The van der Waals surface area contributed by atoms with Crippen LogP contribution in [0.5, 0.6) is 11.5 Å². The number of carbonyl (C=O) groups excluding carboxylic acids is 1. The molecule has 0 saturated carbocycles. The molecule has 2 aromatic carbocycles. The van der Waals surface area contributed by atoms with Gasteiger partial charge in [0, 0.05) is 57.9 Å². The van der Waals surface area contributed by atoms with Crippen LogP contribution in [0.2, 0.25) is 0 Å². The van der Waals surface area contributed by atoms with Gasteiger partial charge in [0.05, 0.1) is 14.2 Å². The van der Waals surface area contributed by atoms with E-state index in [1.165, 1.54) is 5.56 Å². The number of likely N-dealkylation sites (tertiary alicyclic amines) is 1. The molecule has 8 nitrogen and oxygen atoms in total. The number of aliphatic imine (C=N–C) groups is 1. The minimum Gasteiger partial charge on any atom is -0.497 e. The van der Waals surface area contributed by atoms with Gasteiger partial charge in [-0.05, 0) is 41.8 Å². The summed E-state index contributed by atoms with van der Waals surface area (Å²) in [5, 5.41) is 9.51. The summed E-state index contributed by atoms with van der Waals surface area (Å²) in [6.07, 6.45) is 1.04. The third-order valence-electron chi connectivity index (χ3n) is 5.56. The highest BCUT2D eigenvalue weighted by molar-refractivity contribution is 5.93. The number of nitrogens with zero attached hydrogens (tertiary/aromatic N) is 2. The summed E-state index contributed by atoms with van der Waals surface area (Å²) >= 11 is 0. The molecule has 1 amide bonds. The van der Waals surface area contributed by atoms with Crippen LogP contribution in [0.1, 0.15) is 27.9 Å². The van der Waals surface area contributed by atoms with Crippen LogP contribution in [0, 0.1) is 0 Å². The Labute approximate surface area is 190 Å². The first-order valence-corrected chi connectivity index (χ1v) is 10.8. The second-order valence-electron chi connectivity index (χ2n) is 7.79. The summed E-state index contributed by atoms with van der Waals surface area (Å²) in [7, 11) is 6.75. The average molecular weight is 440 g/mol. The summed E-state index contributed by atoms with van der Waals surface area (Å²) in [4.78, 5) is 18.4. The molecule has 172 valence electrons. The van der Waals surface area contributed by atoms with Crippen molar-refractivity contribution in [2.24, 2.45) is 4.99 Å². The molecule has 1 atom stereocenters. The van der Waals surface area contributed by atoms with Crippen molar-refractivity contribution >= 4 is 11.9 Å². The van der Waals surface area contributed by atoms with Gasteiger partial charge in [0.1, 0.15) is 11.5 Å². The van der Waals surface area contributed by atoms with E-state index in [9.17, 15) is 4.79 Å². The zero-order valence-corrected chi connectivity index (χ0v) is 19.3. The van der Waals surface area contributed by atoms with Crippen LogP contribution in [0.3, 0.4) is 0 Å². The van der Waals surface area contributed by atoms with Gasteiger partial charge in [0.25, 0.3) is 5.91 Å². The lowest BCUT2D eigenvalue weighted by Crippen LogP contribution is -2.44. The van der Waals surface area contributed by atoms with Crippen molar-refractivity contribution in [1.82, 2.24) is 20.9 Å². The molecule has 1 unspecified atom stereocenters. The molecule has 1 aliphatic heterocycles. The molecule has 1 saturated heterocycles. The molecule has 3 N–H and O–H groups in total. The number of nitrogens with one attached hydrogen (secondary N) is 3. The van der Waals surface area contributed by atoms with Crippen LogP contribution in [0.4, 0.5) is 0 Å². The molecule has 0 aromatic heterocycles. The Kier molecular flexibility index (Phi) is 8.33. The van der Waals surface area contributed by atoms with Crippen molar-refractivity contribution in [2.75, 3.05) is 41.4 Å². The van der Waals surface area contributed by atoms with Gasteiger partial charge in [-0.1, -0.05) is 12.1 Å². The zero-order valence-electron chi connectivity index (χ0n) is 19.3. The lowest BCUT2D eigenvalue weighted by Gasteiger charge is -2.19. The van der Waals surface area contributed by atoms with E-state index in [1.807, 2.05) is 30.3 Å². The lowest BCUT2D eigenvalue weighted by molar-refractivity contribution is 0.0963. The molecule has 0 aliphatic carbocycles. The summed E-state index contributed by atoms with van der Waals surface area (Å²) < 4.78 is 10.8. The standard InChI is InChI=1S/C24H33N5O3/c1-25-23(30)19-7-5-17(6-8-19)14-27-24(26-2)28-20-9-10-29(16-20)15-18-11-21(31-3)13-22(12-18)32-4/h5-8,11-13,20H,9-10,14-16H2,1-4H3,(H,25,30)(H2,26,27,28). The largest absolute Gasteiger partial charge is 0.497 e. The molecule has 8 heteroatoms. The minimum absolute atomic E-state index is 0.0832. The van der Waals surface area contributed by atoms with E-state index < -0.39 is 0 Å². The van der Waals surface area contributed by atoms with Crippen molar-refractivity contribution in [2.45, 2.75) is 25.6 Å². The Balaban J connectivity index is 1.49. The van der Waals surface area contributed by atoms with Gasteiger partial charge in [0.2, 0.25) is 0 Å². The first-order chi connectivity index (χ1) is 15.5. The molecule has 1 aliphatic rings. The number of hydrogen-bond acceptors (Lipinski definition) is 5. The molecule has 1 fully saturated rings. The van der Waals surface area contributed by atoms with Gasteiger partial charge < -0.3 is 25.4 Å². The van der Waals surface area contributed by atoms with Gasteiger partial charge in [0.15, 0.2) is 5.96 Å². The maximum Gasteiger partial charge on any atom is 0.251 e. The van der Waals surface area contributed by atoms with E-state index in [2.05, 4.69) is 38.0 Å². The fraction of sp³-hybridized carbons (Fsp3) is 0.417. The van der Waals surface area contributed by atoms with Crippen molar-refractivity contribution in [3.05, 3.63) is 59.2 Å². The fourth-order valence-electron chi connectivity index (χ4n) is 3.80. The van der Waals surface area contributed by atoms with Crippen LogP contribution in [0.15, 0.2) is 47.5 Å². The van der Waals surface area contributed by atoms with Crippen LogP contribution in [-0.2, 0) is 13.1 Å². The smallest absolute Gasteiger partial charge is 0.251 e. The Morgan fingerprint density at radius 2 is 1.78 bits per heavy atom. The number of hydrogen-bond donors (Lipinski definition) is 3.